The molecule has 0 fully saturated rings. The SMILES string of the molecule is CC.Cc1cc(Oc2ccncn2)c2nn(C)cc2c1. The summed E-state index contributed by atoms with van der Waals surface area (Å²) in [4.78, 5) is 7.91. The minimum atomic E-state index is 0.516. The summed E-state index contributed by atoms with van der Waals surface area (Å²) in [6.07, 6.45) is 5.07. The van der Waals surface area contributed by atoms with Crippen LogP contribution in [0.15, 0.2) is 36.9 Å². The van der Waals surface area contributed by atoms with Crippen molar-refractivity contribution in [2.75, 3.05) is 0 Å². The van der Waals surface area contributed by atoms with Gasteiger partial charge in [0.25, 0.3) is 0 Å². The Hall–Kier alpha value is -2.43. The number of hydrogen-bond donors (Lipinski definition) is 0. The van der Waals surface area contributed by atoms with E-state index in [2.05, 4.69) is 21.1 Å². The van der Waals surface area contributed by atoms with Crippen LogP contribution < -0.4 is 4.74 Å². The molecule has 1 aromatic carbocycles. The molecule has 0 aliphatic carbocycles. The minimum absolute atomic E-state index is 0.516. The van der Waals surface area contributed by atoms with Crippen molar-refractivity contribution in [3.63, 3.8) is 0 Å². The van der Waals surface area contributed by atoms with Gasteiger partial charge in [0.1, 0.15) is 11.8 Å². The number of rotatable bonds is 2. The Labute approximate surface area is 118 Å². The number of nitrogens with zero attached hydrogens (tertiary/aromatic N) is 4. The second-order valence-corrected chi connectivity index (χ2v) is 4.15. The zero-order valence-corrected chi connectivity index (χ0v) is 12.2. The van der Waals surface area contributed by atoms with Crippen molar-refractivity contribution in [3.8, 4) is 11.6 Å². The molecule has 20 heavy (non-hydrogen) atoms. The van der Waals surface area contributed by atoms with Crippen molar-refractivity contribution in [1.82, 2.24) is 19.7 Å². The van der Waals surface area contributed by atoms with Gasteiger partial charge in [-0.3, -0.25) is 4.68 Å². The van der Waals surface area contributed by atoms with E-state index in [4.69, 9.17) is 4.74 Å². The summed E-state index contributed by atoms with van der Waals surface area (Å²) in [7, 11) is 1.89. The highest BCUT2D eigenvalue weighted by molar-refractivity contribution is 5.85. The average molecular weight is 270 g/mol. The zero-order valence-electron chi connectivity index (χ0n) is 12.2. The molecule has 0 atom stereocenters. The second kappa shape index (κ2) is 6.14. The Balaban J connectivity index is 0.000000704. The Morgan fingerprint density at radius 1 is 1.20 bits per heavy atom. The van der Waals surface area contributed by atoms with Gasteiger partial charge in [0.05, 0.1) is 0 Å². The number of benzene rings is 1. The first-order valence-electron chi connectivity index (χ1n) is 6.60. The fourth-order valence-electron chi connectivity index (χ4n) is 1.90. The van der Waals surface area contributed by atoms with Gasteiger partial charge in [0, 0.05) is 30.9 Å². The summed E-state index contributed by atoms with van der Waals surface area (Å²) in [5.41, 5.74) is 1.96. The molecule has 0 aliphatic rings. The predicted octanol–water partition coefficient (Wildman–Crippen LogP) is 3.49. The summed E-state index contributed by atoms with van der Waals surface area (Å²) in [6.45, 7) is 6.03. The van der Waals surface area contributed by atoms with E-state index in [1.807, 2.05) is 40.1 Å². The molecule has 2 aromatic heterocycles. The third-order valence-corrected chi connectivity index (χ3v) is 2.60. The molecule has 0 unspecified atom stereocenters. The van der Waals surface area contributed by atoms with Crippen LogP contribution in [-0.4, -0.2) is 19.7 Å². The lowest BCUT2D eigenvalue weighted by Gasteiger charge is -2.05. The van der Waals surface area contributed by atoms with Crippen LogP contribution in [0.1, 0.15) is 19.4 Å². The molecule has 0 bridgehead atoms. The van der Waals surface area contributed by atoms with Crippen LogP contribution in [0.5, 0.6) is 11.6 Å². The summed E-state index contributed by atoms with van der Waals surface area (Å²) in [6, 6.07) is 5.75. The third kappa shape index (κ3) is 2.93. The van der Waals surface area contributed by atoms with Crippen molar-refractivity contribution in [1.29, 1.82) is 0 Å². The second-order valence-electron chi connectivity index (χ2n) is 4.15. The lowest BCUT2D eigenvalue weighted by molar-refractivity contribution is 0.464. The number of aromatic nitrogens is 4. The van der Waals surface area contributed by atoms with Crippen molar-refractivity contribution in [2.24, 2.45) is 7.05 Å². The highest BCUT2D eigenvalue weighted by Crippen LogP contribution is 2.29. The van der Waals surface area contributed by atoms with E-state index in [-0.39, 0.29) is 0 Å². The van der Waals surface area contributed by atoms with Crippen molar-refractivity contribution in [3.05, 3.63) is 42.5 Å². The monoisotopic (exact) mass is 270 g/mol. The number of fused-ring (bicyclic) bond motifs is 1. The highest BCUT2D eigenvalue weighted by Gasteiger charge is 2.09. The Bertz CT molecular complexity index is 692. The Kier molecular flexibility index (Phi) is 4.30. The molecule has 0 N–H and O–H groups in total. The molecular formula is C15H18N4O. The van der Waals surface area contributed by atoms with E-state index >= 15 is 0 Å². The van der Waals surface area contributed by atoms with Gasteiger partial charge in [-0.2, -0.15) is 5.10 Å². The standard InChI is InChI=1S/C13H12N4O.C2H6/c1-9-5-10-7-17(2)16-13(10)11(6-9)18-12-3-4-14-8-15-12;1-2/h3-8H,1-2H3;1-2H3. The molecular weight excluding hydrogens is 252 g/mol. The normalized spacial score (nSPS) is 10.0. The molecule has 3 aromatic rings. The molecule has 0 spiro atoms. The third-order valence-electron chi connectivity index (χ3n) is 2.60. The Morgan fingerprint density at radius 3 is 2.70 bits per heavy atom. The van der Waals surface area contributed by atoms with E-state index < -0.39 is 0 Å². The van der Waals surface area contributed by atoms with Gasteiger partial charge in [-0.15, -0.1) is 0 Å². The molecule has 5 heteroatoms. The first kappa shape index (κ1) is 14.0. The maximum absolute atomic E-state index is 5.76. The molecule has 0 amide bonds. The number of ether oxygens (including phenoxy) is 1. The smallest absolute Gasteiger partial charge is 0.222 e. The summed E-state index contributed by atoms with van der Waals surface area (Å²) in [5, 5.41) is 5.46. The van der Waals surface area contributed by atoms with Gasteiger partial charge < -0.3 is 4.74 Å². The van der Waals surface area contributed by atoms with Gasteiger partial charge >= 0.3 is 0 Å². The van der Waals surface area contributed by atoms with Crippen LogP contribution >= 0.6 is 0 Å². The van der Waals surface area contributed by atoms with Gasteiger partial charge in [-0.1, -0.05) is 13.8 Å². The van der Waals surface area contributed by atoms with Crippen molar-refractivity contribution < 1.29 is 4.74 Å². The predicted molar refractivity (Wildman–Crippen MR) is 78.9 cm³/mol. The van der Waals surface area contributed by atoms with Gasteiger partial charge in [-0.05, 0) is 24.6 Å². The van der Waals surface area contributed by atoms with E-state index in [0.29, 0.717) is 11.6 Å². The number of hydrogen-bond acceptors (Lipinski definition) is 4. The first-order valence-corrected chi connectivity index (χ1v) is 6.60. The molecule has 104 valence electrons. The quantitative estimate of drug-likeness (QED) is 0.715. The fraction of sp³-hybridized carbons (Fsp3) is 0.267. The zero-order chi connectivity index (χ0) is 14.5. The maximum atomic E-state index is 5.76. The van der Waals surface area contributed by atoms with Gasteiger partial charge in [0.2, 0.25) is 5.88 Å². The summed E-state index contributed by atoms with van der Waals surface area (Å²) < 4.78 is 7.53. The van der Waals surface area contributed by atoms with Crippen LogP contribution in [0.2, 0.25) is 0 Å². The molecule has 3 rings (SSSR count). The Morgan fingerprint density at radius 2 is 2.00 bits per heavy atom. The van der Waals surface area contributed by atoms with Crippen molar-refractivity contribution >= 4 is 10.9 Å². The van der Waals surface area contributed by atoms with Crippen LogP contribution in [0.3, 0.4) is 0 Å². The molecule has 5 nitrogen and oxygen atoms in total. The van der Waals surface area contributed by atoms with Crippen LogP contribution in [0.4, 0.5) is 0 Å². The lowest BCUT2D eigenvalue weighted by Crippen LogP contribution is -1.91. The lowest BCUT2D eigenvalue weighted by atomic mass is 10.2. The summed E-state index contributed by atoms with van der Waals surface area (Å²) in [5.74, 6) is 1.23. The topological polar surface area (TPSA) is 52.8 Å². The largest absolute Gasteiger partial charge is 0.437 e. The van der Waals surface area contributed by atoms with Crippen LogP contribution in [0.25, 0.3) is 10.9 Å². The molecule has 0 saturated heterocycles. The first-order chi connectivity index (χ1) is 9.72. The van der Waals surface area contributed by atoms with E-state index in [1.54, 1.807) is 16.9 Å². The van der Waals surface area contributed by atoms with E-state index in [0.717, 1.165) is 16.5 Å². The average Bonchev–Trinajstić information content (AvgIpc) is 2.82. The fourth-order valence-corrected chi connectivity index (χ4v) is 1.90. The van der Waals surface area contributed by atoms with Crippen LogP contribution in [-0.2, 0) is 7.05 Å². The maximum Gasteiger partial charge on any atom is 0.222 e. The molecule has 0 saturated carbocycles. The van der Waals surface area contributed by atoms with Crippen molar-refractivity contribution in [2.45, 2.75) is 20.8 Å². The van der Waals surface area contributed by atoms with E-state index in [1.165, 1.54) is 6.33 Å². The molecule has 0 radical (unpaired) electrons. The minimum Gasteiger partial charge on any atom is -0.437 e. The van der Waals surface area contributed by atoms with Gasteiger partial charge in [0.15, 0.2) is 5.75 Å². The van der Waals surface area contributed by atoms with E-state index in [9.17, 15) is 0 Å². The highest BCUT2D eigenvalue weighted by atomic mass is 16.5. The van der Waals surface area contributed by atoms with Crippen LogP contribution in [0, 0.1) is 6.92 Å². The van der Waals surface area contributed by atoms with Gasteiger partial charge in [-0.25, -0.2) is 9.97 Å². The summed E-state index contributed by atoms with van der Waals surface area (Å²) >= 11 is 0. The molecule has 2 heterocycles. The number of aryl methyl sites for hydroxylation is 2. The molecule has 0 aliphatic heterocycles.